The lowest BCUT2D eigenvalue weighted by molar-refractivity contribution is -0.120. The summed E-state index contributed by atoms with van der Waals surface area (Å²) in [7, 11) is 0. The van der Waals surface area contributed by atoms with Crippen molar-refractivity contribution in [1.29, 1.82) is 0 Å². The van der Waals surface area contributed by atoms with Gasteiger partial charge in [-0.2, -0.15) is 0 Å². The third-order valence-electron chi connectivity index (χ3n) is 5.35. The molecule has 5 rings (SSSR count). The third-order valence-corrected chi connectivity index (χ3v) is 6.22. The standard InChI is InChI=1S/C21H23N5O2S/c27-18-13-26(7-6-22-18)20-19-16(15-4-2-1-3-5-15)14-29-21(19)24-17(23-20)12-25-8-10-28-11-9-25/h1-5,14H,6-13H2,(H,22,27). The summed E-state index contributed by atoms with van der Waals surface area (Å²) in [6.07, 6.45) is 0. The van der Waals surface area contributed by atoms with Crippen molar-refractivity contribution in [3.8, 4) is 11.1 Å². The van der Waals surface area contributed by atoms with E-state index in [2.05, 4.69) is 32.6 Å². The second kappa shape index (κ2) is 8.06. The van der Waals surface area contributed by atoms with Crippen molar-refractivity contribution in [2.24, 2.45) is 0 Å². The fourth-order valence-electron chi connectivity index (χ4n) is 3.87. The summed E-state index contributed by atoms with van der Waals surface area (Å²) >= 11 is 1.64. The molecule has 1 N–H and O–H groups in total. The van der Waals surface area contributed by atoms with Gasteiger partial charge in [-0.1, -0.05) is 30.3 Å². The monoisotopic (exact) mass is 409 g/mol. The van der Waals surface area contributed by atoms with Crippen LogP contribution in [-0.4, -0.2) is 66.7 Å². The summed E-state index contributed by atoms with van der Waals surface area (Å²) in [5.41, 5.74) is 2.27. The zero-order valence-electron chi connectivity index (χ0n) is 16.1. The fraction of sp³-hybridized carbons (Fsp3) is 0.381. The van der Waals surface area contributed by atoms with Gasteiger partial charge in [0, 0.05) is 37.1 Å². The molecule has 0 saturated carbocycles. The van der Waals surface area contributed by atoms with Crippen LogP contribution in [0, 0.1) is 0 Å². The molecular formula is C21H23N5O2S. The van der Waals surface area contributed by atoms with Crippen molar-refractivity contribution >= 4 is 33.3 Å². The van der Waals surface area contributed by atoms with Gasteiger partial charge in [-0.25, -0.2) is 9.97 Å². The highest BCUT2D eigenvalue weighted by atomic mass is 32.1. The summed E-state index contributed by atoms with van der Waals surface area (Å²) in [4.78, 5) is 27.3. The number of amides is 1. The number of rotatable bonds is 4. The van der Waals surface area contributed by atoms with E-state index in [-0.39, 0.29) is 5.91 Å². The zero-order valence-corrected chi connectivity index (χ0v) is 17.0. The van der Waals surface area contributed by atoms with Gasteiger partial charge in [-0.05, 0) is 5.56 Å². The van der Waals surface area contributed by atoms with Gasteiger partial charge < -0.3 is 15.0 Å². The van der Waals surface area contributed by atoms with Crippen molar-refractivity contribution in [2.45, 2.75) is 6.54 Å². The number of aromatic nitrogens is 2. The minimum absolute atomic E-state index is 0.0363. The quantitative estimate of drug-likeness (QED) is 0.712. The molecule has 0 unspecified atom stereocenters. The van der Waals surface area contributed by atoms with Crippen LogP contribution in [0.4, 0.5) is 5.82 Å². The van der Waals surface area contributed by atoms with E-state index in [1.807, 2.05) is 18.2 Å². The van der Waals surface area contributed by atoms with Crippen LogP contribution in [0.25, 0.3) is 21.3 Å². The maximum Gasteiger partial charge on any atom is 0.239 e. The second-order valence-electron chi connectivity index (χ2n) is 7.32. The number of benzene rings is 1. The predicted molar refractivity (Wildman–Crippen MR) is 114 cm³/mol. The lowest BCUT2D eigenvalue weighted by atomic mass is 10.1. The number of thiophene rings is 1. The molecule has 2 aliphatic rings. The first-order chi connectivity index (χ1) is 14.3. The molecule has 2 aliphatic heterocycles. The van der Waals surface area contributed by atoms with Crippen LogP contribution in [0.5, 0.6) is 0 Å². The summed E-state index contributed by atoms with van der Waals surface area (Å²) in [6.45, 7) is 5.69. The molecule has 2 fully saturated rings. The molecule has 29 heavy (non-hydrogen) atoms. The number of nitrogens with one attached hydrogen (secondary N) is 1. The van der Waals surface area contributed by atoms with Gasteiger partial charge in [0.15, 0.2) is 0 Å². The van der Waals surface area contributed by atoms with Crippen LogP contribution in [0.1, 0.15) is 5.82 Å². The molecule has 1 amide bonds. The highest BCUT2D eigenvalue weighted by Crippen LogP contribution is 2.38. The van der Waals surface area contributed by atoms with Gasteiger partial charge in [0.1, 0.15) is 16.5 Å². The molecular weight excluding hydrogens is 386 g/mol. The van der Waals surface area contributed by atoms with Crippen molar-refractivity contribution in [2.75, 3.05) is 50.8 Å². The van der Waals surface area contributed by atoms with E-state index >= 15 is 0 Å². The third kappa shape index (κ3) is 3.83. The Morgan fingerprint density at radius 3 is 2.72 bits per heavy atom. The molecule has 0 aliphatic carbocycles. The number of anilines is 1. The largest absolute Gasteiger partial charge is 0.379 e. The van der Waals surface area contributed by atoms with E-state index in [9.17, 15) is 4.79 Å². The van der Waals surface area contributed by atoms with Crippen LogP contribution < -0.4 is 10.2 Å². The number of hydrogen-bond donors (Lipinski definition) is 1. The van der Waals surface area contributed by atoms with Gasteiger partial charge >= 0.3 is 0 Å². The first kappa shape index (κ1) is 18.5. The normalized spacial score (nSPS) is 18.2. The average molecular weight is 410 g/mol. The Kier molecular flexibility index (Phi) is 5.13. The minimum atomic E-state index is 0.0363. The number of carbonyl (C=O) groups excluding carboxylic acids is 1. The van der Waals surface area contributed by atoms with Crippen LogP contribution in [0.3, 0.4) is 0 Å². The van der Waals surface area contributed by atoms with Gasteiger partial charge in [0.2, 0.25) is 5.91 Å². The van der Waals surface area contributed by atoms with E-state index in [0.717, 1.165) is 65.8 Å². The molecule has 2 saturated heterocycles. The number of carbonyl (C=O) groups is 1. The van der Waals surface area contributed by atoms with Gasteiger partial charge in [0.25, 0.3) is 0 Å². The highest BCUT2D eigenvalue weighted by molar-refractivity contribution is 7.17. The molecule has 3 aromatic rings. The van der Waals surface area contributed by atoms with Crippen LogP contribution in [0.2, 0.25) is 0 Å². The Morgan fingerprint density at radius 2 is 1.93 bits per heavy atom. The Hall–Kier alpha value is -2.55. The number of ether oxygens (including phenoxy) is 1. The highest BCUT2D eigenvalue weighted by Gasteiger charge is 2.24. The smallest absolute Gasteiger partial charge is 0.239 e. The Labute approximate surface area is 173 Å². The van der Waals surface area contributed by atoms with E-state index in [1.54, 1.807) is 11.3 Å². The summed E-state index contributed by atoms with van der Waals surface area (Å²) in [5.74, 6) is 1.71. The number of nitrogens with zero attached hydrogens (tertiary/aromatic N) is 4. The summed E-state index contributed by atoms with van der Waals surface area (Å²) in [5, 5.41) is 6.10. The van der Waals surface area contributed by atoms with Crippen molar-refractivity contribution < 1.29 is 9.53 Å². The van der Waals surface area contributed by atoms with Crippen LogP contribution in [0.15, 0.2) is 35.7 Å². The van der Waals surface area contributed by atoms with Crippen molar-refractivity contribution in [3.05, 3.63) is 41.5 Å². The van der Waals surface area contributed by atoms with E-state index in [1.165, 1.54) is 0 Å². The minimum Gasteiger partial charge on any atom is -0.379 e. The molecule has 2 aromatic heterocycles. The zero-order chi connectivity index (χ0) is 19.6. The molecule has 0 spiro atoms. The lowest BCUT2D eigenvalue weighted by Crippen LogP contribution is -2.48. The number of morpholine rings is 1. The molecule has 0 atom stereocenters. The van der Waals surface area contributed by atoms with Crippen molar-refractivity contribution in [1.82, 2.24) is 20.2 Å². The van der Waals surface area contributed by atoms with E-state index < -0.39 is 0 Å². The van der Waals surface area contributed by atoms with Crippen LogP contribution >= 0.6 is 11.3 Å². The Bertz CT molecular complexity index is 1020. The van der Waals surface area contributed by atoms with Crippen molar-refractivity contribution in [3.63, 3.8) is 0 Å². The first-order valence-electron chi connectivity index (χ1n) is 9.93. The lowest BCUT2D eigenvalue weighted by Gasteiger charge is -2.29. The number of piperazine rings is 1. The second-order valence-corrected chi connectivity index (χ2v) is 8.18. The SMILES string of the molecule is O=C1CN(c2nc(CN3CCOCC3)nc3scc(-c4ccccc4)c23)CCN1. The molecule has 7 nitrogen and oxygen atoms in total. The van der Waals surface area contributed by atoms with Gasteiger partial charge in [-0.3, -0.25) is 9.69 Å². The maximum atomic E-state index is 12.1. The van der Waals surface area contributed by atoms with Gasteiger partial charge in [-0.15, -0.1) is 11.3 Å². The molecule has 8 heteroatoms. The molecule has 4 heterocycles. The molecule has 1 aromatic carbocycles. The number of hydrogen-bond acceptors (Lipinski definition) is 7. The predicted octanol–water partition coefficient (Wildman–Crippen LogP) is 2.13. The fourth-order valence-corrected chi connectivity index (χ4v) is 4.84. The summed E-state index contributed by atoms with van der Waals surface area (Å²) < 4.78 is 5.46. The van der Waals surface area contributed by atoms with Gasteiger partial charge in [0.05, 0.1) is 31.7 Å². The Balaban J connectivity index is 1.59. The first-order valence-corrected chi connectivity index (χ1v) is 10.8. The topological polar surface area (TPSA) is 70.6 Å². The van der Waals surface area contributed by atoms with Crippen LogP contribution in [-0.2, 0) is 16.1 Å². The average Bonchev–Trinajstić information content (AvgIpc) is 3.18. The molecule has 0 bridgehead atoms. The molecule has 150 valence electrons. The van der Waals surface area contributed by atoms with E-state index in [0.29, 0.717) is 19.6 Å². The summed E-state index contributed by atoms with van der Waals surface area (Å²) in [6, 6.07) is 10.3. The Morgan fingerprint density at radius 1 is 1.10 bits per heavy atom. The van der Waals surface area contributed by atoms with E-state index in [4.69, 9.17) is 14.7 Å². The number of fused-ring (bicyclic) bond motifs is 1. The molecule has 0 radical (unpaired) electrons. The maximum absolute atomic E-state index is 12.1.